The van der Waals surface area contributed by atoms with Gasteiger partial charge < -0.3 is 11.1 Å². The number of carbonyl (C=O) groups excluding carboxylic acids is 1. The molecule has 0 radical (unpaired) electrons. The fourth-order valence-corrected chi connectivity index (χ4v) is 0.564. The van der Waals surface area contributed by atoms with E-state index in [1.807, 2.05) is 6.92 Å². The van der Waals surface area contributed by atoms with Crippen molar-refractivity contribution in [1.29, 1.82) is 0 Å². The minimum absolute atomic E-state index is 0.102. The van der Waals surface area contributed by atoms with Crippen molar-refractivity contribution in [1.82, 2.24) is 5.32 Å². The van der Waals surface area contributed by atoms with Crippen LogP contribution in [0.15, 0.2) is 0 Å². The van der Waals surface area contributed by atoms with E-state index in [-0.39, 0.29) is 16.8 Å². The molecule has 0 bridgehead atoms. The number of nitrogens with one attached hydrogen (secondary N) is 1. The van der Waals surface area contributed by atoms with Gasteiger partial charge in [-0.15, -0.1) is 0 Å². The number of hydrogen-bond acceptors (Lipinski definition) is 2. The van der Waals surface area contributed by atoms with Gasteiger partial charge in [0, 0.05) is 6.54 Å². The van der Waals surface area contributed by atoms with Crippen LogP contribution in [-0.2, 0) is 4.79 Å². The third kappa shape index (κ3) is 2.77. The van der Waals surface area contributed by atoms with E-state index < -0.39 is 0 Å². The van der Waals surface area contributed by atoms with Crippen LogP contribution in [0.3, 0.4) is 0 Å². The standard InChI is InChI=1S/C6H12N2OS/c1-3-8-6(9)4(2)5(7)10/h4H,3H2,1-2H3,(H2,7,10)(H,8,9). The molecule has 0 aliphatic carbocycles. The smallest absolute Gasteiger partial charge is 0.229 e. The van der Waals surface area contributed by atoms with Gasteiger partial charge in [-0.3, -0.25) is 4.79 Å². The van der Waals surface area contributed by atoms with Gasteiger partial charge in [0.1, 0.15) is 0 Å². The number of hydrogen-bond donors (Lipinski definition) is 2. The summed E-state index contributed by atoms with van der Waals surface area (Å²) in [5.74, 6) is -0.454. The molecule has 0 saturated heterocycles. The predicted octanol–water partition coefficient (Wildman–Crippen LogP) is 0.0447. The maximum atomic E-state index is 10.9. The number of thiocarbonyl (C=S) groups is 1. The molecule has 10 heavy (non-hydrogen) atoms. The van der Waals surface area contributed by atoms with Crippen LogP contribution in [0.25, 0.3) is 0 Å². The summed E-state index contributed by atoms with van der Waals surface area (Å²) in [5, 5.41) is 2.62. The third-order valence-electron chi connectivity index (χ3n) is 1.17. The van der Waals surface area contributed by atoms with Crippen LogP contribution in [0, 0.1) is 5.92 Å². The van der Waals surface area contributed by atoms with E-state index in [9.17, 15) is 4.79 Å². The van der Waals surface area contributed by atoms with Gasteiger partial charge in [-0.1, -0.05) is 12.2 Å². The average molecular weight is 160 g/mol. The summed E-state index contributed by atoms with van der Waals surface area (Å²) in [7, 11) is 0. The van der Waals surface area contributed by atoms with Gasteiger partial charge in [0.25, 0.3) is 0 Å². The monoisotopic (exact) mass is 160 g/mol. The van der Waals surface area contributed by atoms with E-state index in [2.05, 4.69) is 17.5 Å². The normalized spacial score (nSPS) is 12.2. The van der Waals surface area contributed by atoms with Gasteiger partial charge >= 0.3 is 0 Å². The van der Waals surface area contributed by atoms with E-state index in [4.69, 9.17) is 5.73 Å². The van der Waals surface area contributed by atoms with Crippen LogP contribution in [0.2, 0.25) is 0 Å². The first-order chi connectivity index (χ1) is 4.59. The van der Waals surface area contributed by atoms with Gasteiger partial charge in [-0.05, 0) is 13.8 Å². The Morgan fingerprint density at radius 2 is 2.30 bits per heavy atom. The molecule has 1 unspecified atom stereocenters. The molecule has 0 rings (SSSR count). The second-order valence-corrected chi connectivity index (χ2v) is 2.49. The molecule has 0 aromatic heterocycles. The van der Waals surface area contributed by atoms with Crippen LogP contribution in [0.4, 0.5) is 0 Å². The fourth-order valence-electron chi connectivity index (χ4n) is 0.457. The first-order valence-electron chi connectivity index (χ1n) is 3.16. The molecule has 0 saturated carbocycles. The largest absolute Gasteiger partial charge is 0.393 e. The molecule has 3 N–H and O–H groups in total. The molecule has 0 aliphatic heterocycles. The third-order valence-corrected chi connectivity index (χ3v) is 1.52. The van der Waals surface area contributed by atoms with Crippen molar-refractivity contribution in [3.8, 4) is 0 Å². The first kappa shape index (κ1) is 9.36. The summed E-state index contributed by atoms with van der Waals surface area (Å²) in [4.78, 5) is 11.1. The van der Waals surface area contributed by atoms with Gasteiger partial charge in [-0.25, -0.2) is 0 Å². The summed E-state index contributed by atoms with van der Waals surface area (Å²) in [6.45, 7) is 4.16. The summed E-state index contributed by atoms with van der Waals surface area (Å²) >= 11 is 4.63. The van der Waals surface area contributed by atoms with E-state index in [0.717, 1.165) is 0 Å². The van der Waals surface area contributed by atoms with Gasteiger partial charge in [0.2, 0.25) is 5.91 Å². The van der Waals surface area contributed by atoms with Crippen LogP contribution < -0.4 is 11.1 Å². The van der Waals surface area contributed by atoms with Crippen LogP contribution in [-0.4, -0.2) is 17.4 Å². The van der Waals surface area contributed by atoms with Gasteiger partial charge in [0.05, 0.1) is 10.9 Å². The average Bonchev–Trinajstić information content (AvgIpc) is 1.87. The molecule has 3 nitrogen and oxygen atoms in total. The van der Waals surface area contributed by atoms with Gasteiger partial charge in [-0.2, -0.15) is 0 Å². The number of carbonyl (C=O) groups is 1. The lowest BCUT2D eigenvalue weighted by molar-refractivity contribution is -0.122. The number of rotatable bonds is 3. The zero-order valence-corrected chi connectivity index (χ0v) is 6.99. The molecular formula is C6H12N2OS. The van der Waals surface area contributed by atoms with E-state index in [1.165, 1.54) is 0 Å². The van der Waals surface area contributed by atoms with Crippen molar-refractivity contribution in [2.75, 3.05) is 6.54 Å². The Morgan fingerprint density at radius 3 is 2.60 bits per heavy atom. The Labute approximate surface area is 66.0 Å². The maximum absolute atomic E-state index is 10.9. The zero-order valence-electron chi connectivity index (χ0n) is 6.18. The highest BCUT2D eigenvalue weighted by Crippen LogP contribution is 1.93. The van der Waals surface area contributed by atoms with Crippen molar-refractivity contribution in [3.63, 3.8) is 0 Å². The minimum atomic E-state index is -0.352. The topological polar surface area (TPSA) is 55.1 Å². The highest BCUT2D eigenvalue weighted by atomic mass is 32.1. The molecule has 0 aliphatic rings. The van der Waals surface area contributed by atoms with Gasteiger partial charge in [0.15, 0.2) is 0 Å². The summed E-state index contributed by atoms with van der Waals surface area (Å²) in [6, 6.07) is 0. The van der Waals surface area contributed by atoms with Crippen LogP contribution >= 0.6 is 12.2 Å². The minimum Gasteiger partial charge on any atom is -0.393 e. The molecule has 0 fully saturated rings. The second kappa shape index (κ2) is 4.22. The second-order valence-electron chi connectivity index (χ2n) is 2.02. The predicted molar refractivity (Wildman–Crippen MR) is 44.6 cm³/mol. The zero-order chi connectivity index (χ0) is 8.15. The molecule has 4 heteroatoms. The molecule has 0 heterocycles. The van der Waals surface area contributed by atoms with E-state index >= 15 is 0 Å². The Hall–Kier alpha value is -0.640. The van der Waals surface area contributed by atoms with Crippen LogP contribution in [0.1, 0.15) is 13.8 Å². The summed E-state index contributed by atoms with van der Waals surface area (Å²) in [5.41, 5.74) is 5.24. The number of amides is 1. The maximum Gasteiger partial charge on any atom is 0.229 e. The molecule has 1 amide bonds. The summed E-state index contributed by atoms with van der Waals surface area (Å²) in [6.07, 6.45) is 0. The fraction of sp³-hybridized carbons (Fsp3) is 0.667. The van der Waals surface area contributed by atoms with Crippen molar-refractivity contribution in [3.05, 3.63) is 0 Å². The number of nitrogens with two attached hydrogens (primary N) is 1. The molecular weight excluding hydrogens is 148 g/mol. The lowest BCUT2D eigenvalue weighted by Crippen LogP contribution is -2.35. The molecule has 0 spiro atoms. The van der Waals surface area contributed by atoms with Crippen molar-refractivity contribution in [2.45, 2.75) is 13.8 Å². The lowest BCUT2D eigenvalue weighted by atomic mass is 10.2. The summed E-state index contributed by atoms with van der Waals surface area (Å²) < 4.78 is 0. The first-order valence-corrected chi connectivity index (χ1v) is 3.57. The van der Waals surface area contributed by atoms with E-state index in [0.29, 0.717) is 6.54 Å². The highest BCUT2D eigenvalue weighted by molar-refractivity contribution is 7.80. The van der Waals surface area contributed by atoms with Crippen molar-refractivity contribution < 1.29 is 4.79 Å². The molecule has 58 valence electrons. The SMILES string of the molecule is CCNC(=O)C(C)C(N)=S. The highest BCUT2D eigenvalue weighted by Gasteiger charge is 2.13. The Bertz CT molecular complexity index is 147. The molecule has 0 aromatic carbocycles. The Kier molecular flexibility index (Phi) is 3.95. The molecule has 1 atom stereocenters. The lowest BCUT2D eigenvalue weighted by Gasteiger charge is -2.07. The van der Waals surface area contributed by atoms with Crippen molar-refractivity contribution in [2.24, 2.45) is 11.7 Å². The Balaban J connectivity index is 3.82. The quantitative estimate of drug-likeness (QED) is 0.573. The Morgan fingerprint density at radius 1 is 1.80 bits per heavy atom. The van der Waals surface area contributed by atoms with E-state index in [1.54, 1.807) is 6.92 Å². The van der Waals surface area contributed by atoms with Crippen molar-refractivity contribution >= 4 is 23.1 Å². The molecule has 0 aromatic rings. The van der Waals surface area contributed by atoms with Crippen LogP contribution in [0.5, 0.6) is 0 Å².